The Morgan fingerprint density at radius 3 is 2.45 bits per heavy atom. The fraction of sp³-hybridized carbons (Fsp3) is 0.600. The molecule has 1 rings (SSSR count). The maximum Gasteiger partial charge on any atom is 0.213 e. The van der Waals surface area contributed by atoms with Crippen LogP contribution in [0.1, 0.15) is 25.8 Å². The Balaban J connectivity index is 2.35. The summed E-state index contributed by atoms with van der Waals surface area (Å²) in [4.78, 5) is 0. The van der Waals surface area contributed by atoms with Gasteiger partial charge in [0.05, 0.1) is 5.75 Å². The van der Waals surface area contributed by atoms with E-state index in [0.717, 1.165) is 18.5 Å². The van der Waals surface area contributed by atoms with Crippen LogP contribution in [0.5, 0.6) is 0 Å². The van der Waals surface area contributed by atoms with Gasteiger partial charge in [-0.3, -0.25) is 0 Å². The van der Waals surface area contributed by atoms with Gasteiger partial charge in [0, 0.05) is 19.6 Å². The van der Waals surface area contributed by atoms with E-state index in [1.54, 1.807) is 7.05 Å². The number of rotatable bonds is 9. The quantitative estimate of drug-likeness (QED) is 0.708. The van der Waals surface area contributed by atoms with Crippen LogP contribution in [0.15, 0.2) is 30.3 Å². The van der Waals surface area contributed by atoms with Gasteiger partial charge in [0.1, 0.15) is 0 Å². The monoisotopic (exact) mass is 298 g/mol. The van der Waals surface area contributed by atoms with Gasteiger partial charge in [-0.15, -0.1) is 0 Å². The van der Waals surface area contributed by atoms with Crippen LogP contribution in [0, 0.1) is 0 Å². The summed E-state index contributed by atoms with van der Waals surface area (Å²) >= 11 is 0. The molecule has 0 aliphatic heterocycles. The summed E-state index contributed by atoms with van der Waals surface area (Å²) in [7, 11) is -1.47. The van der Waals surface area contributed by atoms with Crippen molar-refractivity contribution in [2.45, 2.75) is 32.7 Å². The van der Waals surface area contributed by atoms with Crippen LogP contribution < -0.4 is 5.32 Å². The second-order valence-electron chi connectivity index (χ2n) is 5.34. The highest BCUT2D eigenvalue weighted by atomic mass is 32.2. The van der Waals surface area contributed by atoms with Crippen molar-refractivity contribution in [3.8, 4) is 0 Å². The standard InChI is InChI=1S/C15H26N2O2S/c1-14(2)16-11-7-13-20(18,19)17(3)12-10-15-8-5-4-6-9-15/h4-6,8-9,14,16H,7,10-13H2,1-3H3. The van der Waals surface area contributed by atoms with Gasteiger partial charge >= 0.3 is 0 Å². The minimum Gasteiger partial charge on any atom is -0.314 e. The van der Waals surface area contributed by atoms with Crippen LogP contribution in [-0.4, -0.2) is 44.7 Å². The van der Waals surface area contributed by atoms with Crippen molar-refractivity contribution in [1.29, 1.82) is 0 Å². The molecular weight excluding hydrogens is 272 g/mol. The van der Waals surface area contributed by atoms with E-state index in [-0.39, 0.29) is 5.75 Å². The lowest BCUT2D eigenvalue weighted by atomic mass is 10.2. The SMILES string of the molecule is CC(C)NCCCS(=O)(=O)N(C)CCc1ccccc1. The molecule has 4 nitrogen and oxygen atoms in total. The van der Waals surface area contributed by atoms with E-state index >= 15 is 0 Å². The average molecular weight is 298 g/mol. The Kier molecular flexibility index (Phi) is 7.19. The summed E-state index contributed by atoms with van der Waals surface area (Å²) in [5.41, 5.74) is 1.16. The molecule has 0 atom stereocenters. The van der Waals surface area contributed by atoms with Crippen LogP contribution >= 0.6 is 0 Å². The lowest BCUT2D eigenvalue weighted by Gasteiger charge is -2.17. The van der Waals surface area contributed by atoms with Crippen LogP contribution in [0.3, 0.4) is 0 Å². The molecule has 5 heteroatoms. The lowest BCUT2D eigenvalue weighted by molar-refractivity contribution is 0.469. The number of hydrogen-bond acceptors (Lipinski definition) is 3. The maximum atomic E-state index is 12.1. The zero-order valence-corrected chi connectivity index (χ0v) is 13.5. The summed E-state index contributed by atoms with van der Waals surface area (Å²) in [5, 5.41) is 3.23. The lowest BCUT2D eigenvalue weighted by Crippen LogP contribution is -2.33. The molecular formula is C15H26N2O2S. The summed E-state index contributed by atoms with van der Waals surface area (Å²) < 4.78 is 25.7. The van der Waals surface area contributed by atoms with Gasteiger partial charge < -0.3 is 5.32 Å². The molecule has 0 spiro atoms. The topological polar surface area (TPSA) is 49.4 Å². The van der Waals surface area contributed by atoms with Crippen molar-refractivity contribution in [3.63, 3.8) is 0 Å². The first-order valence-electron chi connectivity index (χ1n) is 7.13. The number of nitrogens with one attached hydrogen (secondary N) is 1. The molecule has 1 aromatic carbocycles. The molecule has 1 aromatic rings. The minimum atomic E-state index is -3.14. The number of sulfonamides is 1. The predicted octanol–water partition coefficient (Wildman–Crippen LogP) is 1.88. The van der Waals surface area contributed by atoms with Crippen molar-refractivity contribution >= 4 is 10.0 Å². The van der Waals surface area contributed by atoms with E-state index in [1.807, 2.05) is 30.3 Å². The molecule has 0 aromatic heterocycles. The molecule has 0 aliphatic carbocycles. The van der Waals surface area contributed by atoms with E-state index in [1.165, 1.54) is 4.31 Å². The van der Waals surface area contributed by atoms with Gasteiger partial charge in [-0.1, -0.05) is 44.2 Å². The first-order valence-corrected chi connectivity index (χ1v) is 8.74. The Labute approximate surface area is 123 Å². The molecule has 20 heavy (non-hydrogen) atoms. The largest absolute Gasteiger partial charge is 0.314 e. The second kappa shape index (κ2) is 8.39. The number of nitrogens with zero attached hydrogens (tertiary/aromatic N) is 1. The van der Waals surface area contributed by atoms with Crippen LogP contribution in [-0.2, 0) is 16.4 Å². The second-order valence-corrected chi connectivity index (χ2v) is 7.53. The van der Waals surface area contributed by atoms with Gasteiger partial charge in [0.2, 0.25) is 10.0 Å². The summed E-state index contributed by atoms with van der Waals surface area (Å²) in [5.74, 6) is 0.206. The normalized spacial score (nSPS) is 12.2. The highest BCUT2D eigenvalue weighted by molar-refractivity contribution is 7.89. The third-order valence-corrected chi connectivity index (χ3v) is 5.10. The molecule has 0 fully saturated rings. The fourth-order valence-corrected chi connectivity index (χ4v) is 3.06. The van der Waals surface area contributed by atoms with E-state index in [9.17, 15) is 8.42 Å². The third-order valence-electron chi connectivity index (χ3n) is 3.16. The molecule has 0 saturated heterocycles. The molecule has 0 heterocycles. The molecule has 0 bridgehead atoms. The summed E-state index contributed by atoms with van der Waals surface area (Å²) in [6.07, 6.45) is 1.40. The smallest absolute Gasteiger partial charge is 0.213 e. The van der Waals surface area contributed by atoms with Gasteiger partial charge in [0.15, 0.2) is 0 Å². The predicted molar refractivity (Wildman–Crippen MR) is 84.3 cm³/mol. The first-order chi connectivity index (χ1) is 9.42. The molecule has 1 N–H and O–H groups in total. The highest BCUT2D eigenvalue weighted by Gasteiger charge is 2.16. The van der Waals surface area contributed by atoms with Crippen molar-refractivity contribution in [2.24, 2.45) is 0 Å². The molecule has 0 amide bonds. The summed E-state index contributed by atoms with van der Waals surface area (Å²) in [6.45, 7) is 5.38. The zero-order valence-electron chi connectivity index (χ0n) is 12.7. The van der Waals surface area contributed by atoms with E-state index in [4.69, 9.17) is 0 Å². The van der Waals surface area contributed by atoms with Crippen molar-refractivity contribution < 1.29 is 8.42 Å². The first kappa shape index (κ1) is 17.1. The number of likely N-dealkylation sites (N-methyl/N-ethyl adjacent to an activating group) is 1. The van der Waals surface area contributed by atoms with Crippen LogP contribution in [0.4, 0.5) is 0 Å². The molecule has 0 radical (unpaired) electrons. The molecule has 0 unspecified atom stereocenters. The Hall–Kier alpha value is -0.910. The Bertz CT molecular complexity index is 472. The Morgan fingerprint density at radius 1 is 1.20 bits per heavy atom. The van der Waals surface area contributed by atoms with Gasteiger partial charge in [-0.2, -0.15) is 0 Å². The van der Waals surface area contributed by atoms with Crippen molar-refractivity contribution in [2.75, 3.05) is 25.9 Å². The van der Waals surface area contributed by atoms with Gasteiger partial charge in [-0.25, -0.2) is 12.7 Å². The molecule has 0 aliphatic rings. The van der Waals surface area contributed by atoms with Crippen molar-refractivity contribution in [1.82, 2.24) is 9.62 Å². The molecule has 114 valence electrons. The van der Waals surface area contributed by atoms with Crippen molar-refractivity contribution in [3.05, 3.63) is 35.9 Å². The van der Waals surface area contributed by atoms with E-state index in [2.05, 4.69) is 19.2 Å². The zero-order chi connectivity index (χ0) is 15.0. The number of hydrogen-bond donors (Lipinski definition) is 1. The van der Waals surface area contributed by atoms with E-state index in [0.29, 0.717) is 19.0 Å². The maximum absolute atomic E-state index is 12.1. The highest BCUT2D eigenvalue weighted by Crippen LogP contribution is 2.05. The summed E-state index contributed by atoms with van der Waals surface area (Å²) in [6, 6.07) is 10.3. The van der Waals surface area contributed by atoms with Gasteiger partial charge in [-0.05, 0) is 24.9 Å². The number of benzene rings is 1. The van der Waals surface area contributed by atoms with E-state index < -0.39 is 10.0 Å². The van der Waals surface area contributed by atoms with Crippen LogP contribution in [0.25, 0.3) is 0 Å². The fourth-order valence-electron chi connectivity index (χ4n) is 1.87. The third kappa shape index (κ3) is 6.50. The Morgan fingerprint density at radius 2 is 1.85 bits per heavy atom. The average Bonchev–Trinajstić information content (AvgIpc) is 2.42. The van der Waals surface area contributed by atoms with Crippen LogP contribution in [0.2, 0.25) is 0 Å². The van der Waals surface area contributed by atoms with Gasteiger partial charge in [0.25, 0.3) is 0 Å². The molecule has 0 saturated carbocycles. The minimum absolute atomic E-state index is 0.206.